The van der Waals surface area contributed by atoms with Gasteiger partial charge in [0.25, 0.3) is 0 Å². The molecule has 1 N–H and O–H groups in total. The maximum Gasteiger partial charge on any atom is 1.00 e. The Morgan fingerprint density at radius 1 is 1.33 bits per heavy atom. The second-order valence-corrected chi connectivity index (χ2v) is 5.45. The van der Waals surface area contributed by atoms with Gasteiger partial charge < -0.3 is 9.66 Å². The van der Waals surface area contributed by atoms with Crippen LogP contribution < -0.4 is 29.6 Å². The molecule has 0 radical (unpaired) electrons. The SMILES string of the molecule is O=S([O-])CCCSSCCO.[Na+]. The van der Waals surface area contributed by atoms with Crippen LogP contribution in [0.5, 0.6) is 0 Å². The first-order valence-electron chi connectivity index (χ1n) is 3.18. The van der Waals surface area contributed by atoms with Crippen LogP contribution >= 0.6 is 21.6 Å². The van der Waals surface area contributed by atoms with Crippen LogP contribution in [0.3, 0.4) is 0 Å². The first-order valence-corrected chi connectivity index (χ1v) is 6.91. The zero-order valence-electron chi connectivity index (χ0n) is 7.02. The predicted octanol–water partition coefficient (Wildman–Crippen LogP) is -2.37. The summed E-state index contributed by atoms with van der Waals surface area (Å²) in [6.45, 7) is 0.186. The van der Waals surface area contributed by atoms with Crippen molar-refractivity contribution in [3.05, 3.63) is 0 Å². The topological polar surface area (TPSA) is 60.4 Å². The molecule has 68 valence electrons. The maximum absolute atomic E-state index is 10.0. The van der Waals surface area contributed by atoms with Gasteiger partial charge in [-0.2, -0.15) is 0 Å². The van der Waals surface area contributed by atoms with Crippen LogP contribution in [0.2, 0.25) is 0 Å². The van der Waals surface area contributed by atoms with E-state index in [4.69, 9.17) is 5.11 Å². The Kier molecular flexibility index (Phi) is 17.2. The van der Waals surface area contributed by atoms with E-state index >= 15 is 0 Å². The smallest absolute Gasteiger partial charge is 0.772 e. The van der Waals surface area contributed by atoms with Crippen molar-refractivity contribution in [2.45, 2.75) is 6.42 Å². The second-order valence-electron chi connectivity index (χ2n) is 1.73. The van der Waals surface area contributed by atoms with Gasteiger partial charge in [-0.05, 0) is 6.42 Å². The molecule has 7 heteroatoms. The minimum Gasteiger partial charge on any atom is -0.772 e. The summed E-state index contributed by atoms with van der Waals surface area (Å²) in [6, 6.07) is 0. The molecule has 0 amide bonds. The summed E-state index contributed by atoms with van der Waals surface area (Å²) in [7, 11) is 3.17. The number of hydrogen-bond donors (Lipinski definition) is 1. The van der Waals surface area contributed by atoms with Crippen molar-refractivity contribution < 1.29 is 43.4 Å². The van der Waals surface area contributed by atoms with Crippen molar-refractivity contribution in [1.82, 2.24) is 0 Å². The average molecular weight is 238 g/mol. The van der Waals surface area contributed by atoms with Crippen molar-refractivity contribution in [2.24, 2.45) is 0 Å². The van der Waals surface area contributed by atoms with Gasteiger partial charge in [0.2, 0.25) is 0 Å². The number of hydrogen-bond acceptors (Lipinski definition) is 5. The molecule has 0 spiro atoms. The summed E-state index contributed by atoms with van der Waals surface area (Å²) in [6.07, 6.45) is 0.694. The van der Waals surface area contributed by atoms with Crippen LogP contribution in [0, 0.1) is 0 Å². The summed E-state index contributed by atoms with van der Waals surface area (Å²) in [5.74, 6) is 1.79. The number of rotatable bonds is 7. The summed E-state index contributed by atoms with van der Waals surface area (Å²) in [5, 5.41) is 8.38. The number of aliphatic hydroxyl groups is 1. The average Bonchev–Trinajstić information content (AvgIpc) is 1.96. The Hall–Kier alpha value is 1.77. The third-order valence-corrected chi connectivity index (χ3v) is 3.89. The quantitative estimate of drug-likeness (QED) is 0.233. The third-order valence-electron chi connectivity index (χ3n) is 0.797. The van der Waals surface area contributed by atoms with Gasteiger partial charge in [-0.25, -0.2) is 0 Å². The molecule has 1 atom stereocenters. The van der Waals surface area contributed by atoms with E-state index in [2.05, 4.69) is 0 Å². The molecule has 0 rings (SSSR count). The Labute approximate surface area is 105 Å². The van der Waals surface area contributed by atoms with Gasteiger partial charge in [-0.3, -0.25) is 4.21 Å². The summed E-state index contributed by atoms with van der Waals surface area (Å²) in [4.78, 5) is 0. The molecule has 0 aliphatic heterocycles. The van der Waals surface area contributed by atoms with Crippen LogP contribution in [0.15, 0.2) is 0 Å². The summed E-state index contributed by atoms with van der Waals surface area (Å²) < 4.78 is 20.1. The predicted molar refractivity (Wildman–Crippen MR) is 50.4 cm³/mol. The molecule has 0 aromatic heterocycles. The molecule has 0 heterocycles. The molecule has 0 aromatic rings. The zero-order valence-corrected chi connectivity index (χ0v) is 11.5. The second kappa shape index (κ2) is 12.8. The molecule has 0 saturated heterocycles. The van der Waals surface area contributed by atoms with Crippen LogP contribution in [-0.2, 0) is 11.1 Å². The monoisotopic (exact) mass is 238 g/mol. The van der Waals surface area contributed by atoms with Crippen molar-refractivity contribution in [1.29, 1.82) is 0 Å². The molecular formula is C5H11NaO3S3. The maximum atomic E-state index is 10.0. The Bertz CT molecular complexity index is 114. The molecule has 0 aliphatic rings. The van der Waals surface area contributed by atoms with E-state index in [0.717, 1.165) is 5.75 Å². The van der Waals surface area contributed by atoms with E-state index in [1.165, 1.54) is 0 Å². The summed E-state index contributed by atoms with van der Waals surface area (Å²) in [5.41, 5.74) is 0. The molecule has 3 nitrogen and oxygen atoms in total. The fraction of sp³-hybridized carbons (Fsp3) is 1.00. The molecule has 0 aromatic carbocycles. The van der Waals surface area contributed by atoms with Gasteiger partial charge in [0, 0.05) is 17.3 Å². The number of aliphatic hydroxyl groups excluding tert-OH is 1. The van der Waals surface area contributed by atoms with Crippen LogP contribution in [0.4, 0.5) is 0 Å². The minimum atomic E-state index is -1.89. The van der Waals surface area contributed by atoms with Gasteiger partial charge in [-0.15, -0.1) is 0 Å². The van der Waals surface area contributed by atoms with Crippen LogP contribution in [-0.4, -0.2) is 37.7 Å². The van der Waals surface area contributed by atoms with Crippen LogP contribution in [0.1, 0.15) is 6.42 Å². The van der Waals surface area contributed by atoms with Crippen molar-refractivity contribution in [2.75, 3.05) is 23.9 Å². The van der Waals surface area contributed by atoms with Gasteiger partial charge in [-0.1, -0.05) is 32.7 Å². The van der Waals surface area contributed by atoms with Crippen molar-refractivity contribution in [3.8, 4) is 0 Å². The Balaban J connectivity index is 0. The fourth-order valence-corrected chi connectivity index (χ4v) is 2.81. The molecule has 0 fully saturated rings. The normalized spacial score (nSPS) is 12.2. The molecule has 1 unspecified atom stereocenters. The van der Waals surface area contributed by atoms with E-state index in [1.54, 1.807) is 21.6 Å². The molecular weight excluding hydrogens is 227 g/mol. The largest absolute Gasteiger partial charge is 1.00 e. The van der Waals surface area contributed by atoms with Gasteiger partial charge in [0.15, 0.2) is 0 Å². The summed E-state index contributed by atoms with van der Waals surface area (Å²) >= 11 is -1.89. The Morgan fingerprint density at radius 3 is 2.42 bits per heavy atom. The van der Waals surface area contributed by atoms with E-state index in [1.807, 2.05) is 0 Å². The van der Waals surface area contributed by atoms with Crippen molar-refractivity contribution >= 4 is 32.7 Å². The minimum absolute atomic E-state index is 0. The van der Waals surface area contributed by atoms with E-state index in [9.17, 15) is 8.76 Å². The fourth-order valence-electron chi connectivity index (χ4n) is 0.391. The van der Waals surface area contributed by atoms with Crippen LogP contribution in [0.25, 0.3) is 0 Å². The molecule has 0 aliphatic carbocycles. The van der Waals surface area contributed by atoms with E-state index < -0.39 is 11.1 Å². The van der Waals surface area contributed by atoms with E-state index in [0.29, 0.717) is 12.2 Å². The van der Waals surface area contributed by atoms with Crippen molar-refractivity contribution in [3.63, 3.8) is 0 Å². The first kappa shape index (κ1) is 16.2. The molecule has 0 saturated carbocycles. The standard InChI is InChI=1S/C5H12O3S3.Na/c6-2-4-10-9-3-1-5-11(7)8;/h6H,1-5H2,(H,7,8);/q;+1/p-1. The van der Waals surface area contributed by atoms with Gasteiger partial charge >= 0.3 is 29.6 Å². The first-order chi connectivity index (χ1) is 5.27. The third kappa shape index (κ3) is 14.3. The Morgan fingerprint density at radius 2 is 1.92 bits per heavy atom. The van der Waals surface area contributed by atoms with Gasteiger partial charge in [0.05, 0.1) is 6.61 Å². The zero-order chi connectivity index (χ0) is 8.53. The van der Waals surface area contributed by atoms with E-state index in [-0.39, 0.29) is 41.9 Å². The van der Waals surface area contributed by atoms with Gasteiger partial charge in [0.1, 0.15) is 0 Å². The molecule has 0 bridgehead atoms. The molecule has 12 heavy (non-hydrogen) atoms.